The number of hydrogen-bond acceptors (Lipinski definition) is 1. The minimum atomic E-state index is -0.0269. The largest absolute Gasteiger partial charge is 0.309 e. The van der Waals surface area contributed by atoms with Gasteiger partial charge in [0.15, 0.2) is 0 Å². The molecule has 0 fully saturated rings. The molecule has 0 saturated heterocycles. The molecule has 54 heavy (non-hydrogen) atoms. The van der Waals surface area contributed by atoms with Gasteiger partial charge in [0.05, 0.1) is 16.6 Å². The quantitative estimate of drug-likeness (QED) is 0.134. The van der Waals surface area contributed by atoms with Crippen LogP contribution in [0.25, 0.3) is 98.7 Å². The summed E-state index contributed by atoms with van der Waals surface area (Å²) >= 11 is 0. The van der Waals surface area contributed by atoms with E-state index in [2.05, 4.69) is 162 Å². The molecule has 0 amide bonds. The van der Waals surface area contributed by atoms with Gasteiger partial charge in [0.2, 0.25) is 0 Å². The Hall–Kier alpha value is -7.23. The number of rotatable bonds is 4. The fourth-order valence-electron chi connectivity index (χ4n) is 8.63. The van der Waals surface area contributed by atoms with E-state index >= 15 is 0 Å². The first kappa shape index (κ1) is 30.4. The van der Waals surface area contributed by atoms with Crippen molar-refractivity contribution in [3.63, 3.8) is 0 Å². The molecule has 0 atom stereocenters. The molecule has 11 rings (SSSR count). The van der Waals surface area contributed by atoms with Crippen LogP contribution in [-0.2, 0) is 0 Å². The molecule has 0 radical (unpaired) electrons. The number of para-hydroxylation sites is 3. The fourth-order valence-corrected chi connectivity index (χ4v) is 8.63. The summed E-state index contributed by atoms with van der Waals surface area (Å²) in [5.74, 6) is 0. The predicted octanol–water partition coefficient (Wildman–Crippen LogP) is 12.9. The molecule has 2 aromatic heterocycles. The highest BCUT2D eigenvalue weighted by Gasteiger charge is 2.18. The van der Waals surface area contributed by atoms with E-state index in [1.165, 1.54) is 48.9 Å². The molecule has 3 nitrogen and oxygen atoms in total. The maximum Gasteiger partial charge on any atom is 0.263 e. The van der Waals surface area contributed by atoms with Crippen LogP contribution in [0.5, 0.6) is 0 Å². The maximum atomic E-state index is 14.5. The molecular formula is C51H32N2O. The summed E-state index contributed by atoms with van der Waals surface area (Å²) in [6, 6.07) is 68.4. The minimum Gasteiger partial charge on any atom is -0.309 e. The first-order valence-corrected chi connectivity index (χ1v) is 18.4. The number of hydrogen-bond donors (Lipinski definition) is 0. The van der Waals surface area contributed by atoms with E-state index in [1.54, 1.807) is 0 Å². The van der Waals surface area contributed by atoms with E-state index in [4.69, 9.17) is 0 Å². The average molecular weight is 689 g/mol. The van der Waals surface area contributed by atoms with Crippen molar-refractivity contribution in [1.29, 1.82) is 0 Å². The molecule has 0 aliphatic rings. The van der Waals surface area contributed by atoms with E-state index in [-0.39, 0.29) is 5.56 Å². The van der Waals surface area contributed by atoms with Gasteiger partial charge in [-0.2, -0.15) is 0 Å². The summed E-state index contributed by atoms with van der Waals surface area (Å²) in [6.45, 7) is 0. The predicted molar refractivity (Wildman–Crippen MR) is 227 cm³/mol. The third kappa shape index (κ3) is 4.59. The second-order valence-corrected chi connectivity index (χ2v) is 14.1. The lowest BCUT2D eigenvalue weighted by Gasteiger charge is -2.17. The standard InChI is InChI=1S/C51H32N2O/c54-51-43-26-23-37(50-40-19-9-7-13-35(40)29-36-14-8-10-20-41(36)50)32-44(43)46-31-34(25-28-49(46)53(51)39-17-5-2-6-18-39)33-24-27-48-45(30-33)42-21-11-12-22-47(42)52(48)38-15-3-1-4-16-38/h1-32H. The number of benzene rings is 9. The monoisotopic (exact) mass is 688 g/mol. The highest BCUT2D eigenvalue weighted by molar-refractivity contribution is 6.16. The second kappa shape index (κ2) is 11.9. The van der Waals surface area contributed by atoms with Crippen molar-refractivity contribution in [1.82, 2.24) is 9.13 Å². The van der Waals surface area contributed by atoms with Gasteiger partial charge in [-0.15, -0.1) is 0 Å². The van der Waals surface area contributed by atoms with Gasteiger partial charge in [-0.05, 0) is 122 Å². The Bertz CT molecular complexity index is 3280. The lowest BCUT2D eigenvalue weighted by Crippen LogP contribution is -2.19. The van der Waals surface area contributed by atoms with Crippen LogP contribution in [0.4, 0.5) is 0 Å². The van der Waals surface area contributed by atoms with Crippen LogP contribution in [0.2, 0.25) is 0 Å². The van der Waals surface area contributed by atoms with E-state index < -0.39 is 0 Å². The third-order valence-electron chi connectivity index (χ3n) is 11.1. The van der Waals surface area contributed by atoms with Crippen molar-refractivity contribution >= 4 is 65.0 Å². The highest BCUT2D eigenvalue weighted by Crippen LogP contribution is 2.40. The fraction of sp³-hybridized carbons (Fsp3) is 0. The van der Waals surface area contributed by atoms with Crippen LogP contribution in [0.15, 0.2) is 199 Å². The molecular weight excluding hydrogens is 657 g/mol. The van der Waals surface area contributed by atoms with Gasteiger partial charge in [-0.25, -0.2) is 0 Å². The topological polar surface area (TPSA) is 26.9 Å². The normalized spacial score (nSPS) is 11.8. The van der Waals surface area contributed by atoms with Crippen molar-refractivity contribution < 1.29 is 0 Å². The molecule has 3 heteroatoms. The smallest absolute Gasteiger partial charge is 0.263 e. The van der Waals surface area contributed by atoms with Crippen LogP contribution in [0, 0.1) is 0 Å². The molecule has 0 unspecified atom stereocenters. The first-order valence-electron chi connectivity index (χ1n) is 18.4. The minimum absolute atomic E-state index is 0.0269. The van der Waals surface area contributed by atoms with Crippen LogP contribution in [-0.4, -0.2) is 9.13 Å². The van der Waals surface area contributed by atoms with E-state index in [9.17, 15) is 4.79 Å². The SMILES string of the molecule is O=c1c2ccc(-c3c4ccccc4cc4ccccc34)cc2c2cc(-c3ccc4c(c3)c3ccccc3n4-c3ccccc3)ccc2n1-c1ccccc1. The Labute approximate surface area is 311 Å². The summed E-state index contributed by atoms with van der Waals surface area (Å²) < 4.78 is 4.21. The van der Waals surface area contributed by atoms with Gasteiger partial charge in [-0.1, -0.05) is 121 Å². The second-order valence-electron chi connectivity index (χ2n) is 14.1. The lowest BCUT2D eigenvalue weighted by molar-refractivity contribution is 1.06. The van der Waals surface area contributed by atoms with Gasteiger partial charge in [0.25, 0.3) is 5.56 Å². The van der Waals surface area contributed by atoms with Gasteiger partial charge in [0.1, 0.15) is 0 Å². The highest BCUT2D eigenvalue weighted by atomic mass is 16.1. The average Bonchev–Trinajstić information content (AvgIpc) is 3.57. The van der Waals surface area contributed by atoms with E-state index in [1.807, 2.05) is 41.0 Å². The maximum absolute atomic E-state index is 14.5. The van der Waals surface area contributed by atoms with E-state index in [0.29, 0.717) is 5.39 Å². The number of aromatic nitrogens is 2. The Balaban J connectivity index is 1.19. The zero-order valence-corrected chi connectivity index (χ0v) is 29.3. The van der Waals surface area contributed by atoms with Crippen molar-refractivity contribution in [2.24, 2.45) is 0 Å². The Morgan fingerprint density at radius 2 is 0.759 bits per heavy atom. The van der Waals surface area contributed by atoms with Gasteiger partial charge in [0, 0.05) is 32.9 Å². The van der Waals surface area contributed by atoms with Crippen molar-refractivity contribution in [2.75, 3.05) is 0 Å². The molecule has 0 saturated carbocycles. The zero-order valence-electron chi connectivity index (χ0n) is 29.3. The van der Waals surface area contributed by atoms with Gasteiger partial charge in [-0.3, -0.25) is 9.36 Å². The van der Waals surface area contributed by atoms with Crippen molar-refractivity contribution in [3.8, 4) is 33.6 Å². The summed E-state index contributed by atoms with van der Waals surface area (Å²) in [4.78, 5) is 14.5. The Kier molecular flexibility index (Phi) is 6.70. The molecule has 0 aliphatic carbocycles. The van der Waals surface area contributed by atoms with Gasteiger partial charge >= 0.3 is 0 Å². The summed E-state index contributed by atoms with van der Waals surface area (Å²) in [5, 5.41) is 9.87. The van der Waals surface area contributed by atoms with E-state index in [0.717, 1.165) is 44.4 Å². The Morgan fingerprint density at radius 1 is 0.296 bits per heavy atom. The van der Waals surface area contributed by atoms with Crippen LogP contribution >= 0.6 is 0 Å². The van der Waals surface area contributed by atoms with Gasteiger partial charge < -0.3 is 4.57 Å². The molecule has 9 aromatic carbocycles. The summed E-state index contributed by atoms with van der Waals surface area (Å²) in [7, 11) is 0. The molecule has 0 aliphatic heterocycles. The lowest BCUT2D eigenvalue weighted by atomic mass is 9.90. The molecule has 0 spiro atoms. The number of pyridine rings is 1. The van der Waals surface area contributed by atoms with Crippen LogP contribution in [0.1, 0.15) is 0 Å². The Morgan fingerprint density at radius 3 is 1.41 bits per heavy atom. The summed E-state index contributed by atoms with van der Waals surface area (Å²) in [6.07, 6.45) is 0. The molecule has 0 N–H and O–H groups in total. The molecule has 0 bridgehead atoms. The van der Waals surface area contributed by atoms with Crippen LogP contribution in [0.3, 0.4) is 0 Å². The first-order chi connectivity index (χ1) is 26.7. The molecule has 2 heterocycles. The summed E-state index contributed by atoms with van der Waals surface area (Å²) in [5.41, 5.74) is 9.69. The molecule has 252 valence electrons. The van der Waals surface area contributed by atoms with Crippen molar-refractivity contribution in [3.05, 3.63) is 204 Å². The van der Waals surface area contributed by atoms with Crippen LogP contribution < -0.4 is 5.56 Å². The number of nitrogens with zero attached hydrogens (tertiary/aromatic N) is 2. The van der Waals surface area contributed by atoms with Crippen molar-refractivity contribution in [2.45, 2.75) is 0 Å². The number of fused-ring (bicyclic) bond motifs is 8. The third-order valence-corrected chi connectivity index (χ3v) is 11.1. The zero-order chi connectivity index (χ0) is 35.8. The molecule has 11 aromatic rings.